The van der Waals surface area contributed by atoms with Crippen LogP contribution in [0.3, 0.4) is 0 Å². The van der Waals surface area contributed by atoms with Gasteiger partial charge in [-0.2, -0.15) is 5.26 Å². The van der Waals surface area contributed by atoms with Crippen LogP contribution in [-0.4, -0.2) is 31.3 Å². The highest BCUT2D eigenvalue weighted by Gasteiger charge is 2.43. The van der Waals surface area contributed by atoms with Gasteiger partial charge in [0.25, 0.3) is 0 Å². The third-order valence-corrected chi connectivity index (χ3v) is 6.22. The molecule has 0 saturated carbocycles. The monoisotopic (exact) mass is 519 g/mol. The van der Waals surface area contributed by atoms with E-state index >= 15 is 0 Å². The second-order valence-corrected chi connectivity index (χ2v) is 8.33. The summed E-state index contributed by atoms with van der Waals surface area (Å²) in [5.41, 5.74) is 7.60. The number of ether oxygens (including phenoxy) is 2. The van der Waals surface area contributed by atoms with Gasteiger partial charge in [-0.3, -0.25) is 4.90 Å². The van der Waals surface area contributed by atoms with Gasteiger partial charge in [0.2, 0.25) is 0 Å². The Morgan fingerprint density at radius 2 is 1.81 bits per heavy atom. The summed E-state index contributed by atoms with van der Waals surface area (Å²) < 4.78 is 15.6. The lowest BCUT2D eigenvalue weighted by Gasteiger charge is -2.36. The van der Waals surface area contributed by atoms with Gasteiger partial charge < -0.3 is 24.7 Å². The number of furan rings is 1. The Balaban J connectivity index is 1.96. The lowest BCUT2D eigenvalue weighted by Crippen LogP contribution is -2.40. The van der Waals surface area contributed by atoms with Crippen molar-refractivity contribution in [3.63, 3.8) is 0 Å². The Hall–Kier alpha value is -4.52. The van der Waals surface area contributed by atoms with Gasteiger partial charge in [-0.1, -0.05) is 41.9 Å². The van der Waals surface area contributed by atoms with Gasteiger partial charge in [-0.05, 0) is 35.9 Å². The van der Waals surface area contributed by atoms with E-state index in [1.165, 1.54) is 25.2 Å². The quantitative estimate of drug-likeness (QED) is 0.462. The number of hydrogen-bond donors (Lipinski definition) is 2. The molecular formula is C27H22ClN3O6. The first-order chi connectivity index (χ1) is 17.9. The fourth-order valence-corrected chi connectivity index (χ4v) is 4.50. The molecule has 0 radical (unpaired) electrons. The maximum Gasteiger partial charge on any atom is 0.355 e. The van der Waals surface area contributed by atoms with Crippen LogP contribution in [0.15, 0.2) is 87.7 Å². The molecule has 0 saturated heterocycles. The average Bonchev–Trinajstić information content (AvgIpc) is 3.40. The Bertz CT molecular complexity index is 1470. The molecule has 0 spiro atoms. The zero-order valence-corrected chi connectivity index (χ0v) is 20.7. The van der Waals surface area contributed by atoms with Crippen molar-refractivity contribution < 1.29 is 28.6 Å². The maximum absolute atomic E-state index is 13.1. The highest BCUT2D eigenvalue weighted by atomic mass is 35.5. The number of esters is 2. The molecule has 3 aromatic rings. The minimum Gasteiger partial charge on any atom is -0.466 e. The van der Waals surface area contributed by atoms with Gasteiger partial charge in [0.15, 0.2) is 0 Å². The van der Waals surface area contributed by atoms with Crippen LogP contribution in [-0.2, 0) is 25.7 Å². The summed E-state index contributed by atoms with van der Waals surface area (Å²) in [7, 11) is 2.35. The van der Waals surface area contributed by atoms with Gasteiger partial charge in [0.1, 0.15) is 29.6 Å². The van der Waals surface area contributed by atoms with Gasteiger partial charge in [0.05, 0.1) is 42.4 Å². The lowest BCUT2D eigenvalue weighted by atomic mass is 9.81. The van der Waals surface area contributed by atoms with Gasteiger partial charge in [-0.15, -0.1) is 0 Å². The minimum absolute atomic E-state index is 0.0399. The highest BCUT2D eigenvalue weighted by molar-refractivity contribution is 6.33. The predicted molar refractivity (Wildman–Crippen MR) is 135 cm³/mol. The summed E-state index contributed by atoms with van der Waals surface area (Å²) in [4.78, 5) is 27.5. The van der Waals surface area contributed by atoms with Crippen LogP contribution in [0.4, 0.5) is 5.69 Å². The van der Waals surface area contributed by atoms with Crippen LogP contribution in [0.5, 0.6) is 0 Å². The molecule has 9 nitrogen and oxygen atoms in total. The van der Waals surface area contributed by atoms with E-state index < -0.39 is 17.9 Å². The van der Waals surface area contributed by atoms with E-state index in [4.69, 9.17) is 31.2 Å². The van der Waals surface area contributed by atoms with Crippen LogP contribution in [0, 0.1) is 11.3 Å². The fraction of sp³-hybridized carbons (Fsp3) is 0.148. The number of aliphatic hydroxyl groups is 1. The first-order valence-corrected chi connectivity index (χ1v) is 11.4. The Labute approximate surface area is 217 Å². The van der Waals surface area contributed by atoms with Crippen molar-refractivity contribution in [2.24, 2.45) is 5.73 Å². The number of carbonyl (C=O) groups excluding carboxylic acids is 2. The number of halogens is 1. The second-order valence-electron chi connectivity index (χ2n) is 7.92. The number of anilines is 1. The standard InChI is InChI=1S/C27H22ClN3O6/c1-35-26(33)23-22(15-6-4-3-5-7-15)19(13-29)25(30)31(24(23)27(34)36-2)16-8-10-18(20(28)12-16)21-11-9-17(14-32)37-21/h3-12,22,32H,14,30H2,1-2H3. The van der Waals surface area contributed by atoms with E-state index in [-0.39, 0.29) is 34.3 Å². The molecule has 0 fully saturated rings. The molecule has 1 unspecified atom stereocenters. The predicted octanol–water partition coefficient (Wildman–Crippen LogP) is 3.99. The number of rotatable bonds is 6. The molecule has 37 heavy (non-hydrogen) atoms. The van der Waals surface area contributed by atoms with Crippen LogP contribution >= 0.6 is 11.6 Å². The number of aliphatic hydroxyl groups excluding tert-OH is 1. The third-order valence-electron chi connectivity index (χ3n) is 5.90. The third kappa shape index (κ3) is 4.56. The van der Waals surface area contributed by atoms with E-state index in [1.54, 1.807) is 54.6 Å². The summed E-state index contributed by atoms with van der Waals surface area (Å²) in [5.74, 6) is -1.95. The molecule has 0 amide bonds. The van der Waals surface area contributed by atoms with E-state index in [1.807, 2.05) is 0 Å². The van der Waals surface area contributed by atoms with Crippen molar-refractivity contribution in [1.29, 1.82) is 5.26 Å². The molecule has 4 rings (SSSR count). The van der Waals surface area contributed by atoms with Gasteiger partial charge >= 0.3 is 11.9 Å². The number of nitrogens with two attached hydrogens (primary N) is 1. The summed E-state index contributed by atoms with van der Waals surface area (Å²) in [6, 6.07) is 18.8. The number of methoxy groups -OCH3 is 2. The van der Waals surface area contributed by atoms with Gasteiger partial charge in [-0.25, -0.2) is 9.59 Å². The zero-order valence-electron chi connectivity index (χ0n) is 19.9. The minimum atomic E-state index is -0.973. The SMILES string of the molecule is COC(=O)C1=C(C(=O)OC)N(c2ccc(-c3ccc(CO)o3)c(Cl)c2)C(N)=C(C#N)C1c1ccccc1. The molecule has 0 aliphatic carbocycles. The van der Waals surface area contributed by atoms with Crippen molar-refractivity contribution in [2.45, 2.75) is 12.5 Å². The zero-order chi connectivity index (χ0) is 26.7. The van der Waals surface area contributed by atoms with E-state index in [0.717, 1.165) is 0 Å². The largest absolute Gasteiger partial charge is 0.466 e. The molecule has 10 heteroatoms. The normalized spacial score (nSPS) is 15.4. The van der Waals surface area contributed by atoms with Gasteiger partial charge in [0, 0.05) is 11.3 Å². The van der Waals surface area contributed by atoms with Crippen molar-refractivity contribution in [3.8, 4) is 17.4 Å². The van der Waals surface area contributed by atoms with E-state index in [0.29, 0.717) is 28.3 Å². The fourth-order valence-electron chi connectivity index (χ4n) is 4.23. The average molecular weight is 520 g/mol. The summed E-state index contributed by atoms with van der Waals surface area (Å²) in [5, 5.41) is 19.6. The molecular weight excluding hydrogens is 498 g/mol. The maximum atomic E-state index is 13.1. The first kappa shape index (κ1) is 25.6. The van der Waals surface area contributed by atoms with Crippen LogP contribution in [0.25, 0.3) is 11.3 Å². The Morgan fingerprint density at radius 3 is 2.38 bits per heavy atom. The van der Waals surface area contributed by atoms with Crippen molar-refractivity contribution in [1.82, 2.24) is 0 Å². The van der Waals surface area contributed by atoms with E-state index in [9.17, 15) is 20.0 Å². The number of nitrogens with zero attached hydrogens (tertiary/aromatic N) is 2. The number of benzene rings is 2. The molecule has 188 valence electrons. The molecule has 3 N–H and O–H groups in total. The second kappa shape index (κ2) is 10.6. The number of allylic oxidation sites excluding steroid dienone is 1. The highest BCUT2D eigenvalue weighted by Crippen LogP contribution is 2.44. The van der Waals surface area contributed by atoms with E-state index in [2.05, 4.69) is 6.07 Å². The number of carbonyl (C=O) groups is 2. The van der Waals surface area contributed by atoms with Crippen molar-refractivity contribution in [3.05, 3.63) is 99.7 Å². The molecule has 1 atom stereocenters. The Morgan fingerprint density at radius 1 is 1.11 bits per heavy atom. The number of nitriles is 1. The van der Waals surface area contributed by atoms with Crippen LogP contribution in [0.1, 0.15) is 17.2 Å². The molecule has 1 aliphatic rings. The summed E-state index contributed by atoms with van der Waals surface area (Å²) in [6.45, 7) is -0.270. The molecule has 2 heterocycles. The summed E-state index contributed by atoms with van der Waals surface area (Å²) >= 11 is 6.57. The van der Waals surface area contributed by atoms with Crippen molar-refractivity contribution in [2.75, 3.05) is 19.1 Å². The molecule has 1 aromatic heterocycles. The lowest BCUT2D eigenvalue weighted by molar-refractivity contribution is -0.139. The molecule has 1 aliphatic heterocycles. The van der Waals surface area contributed by atoms with Crippen molar-refractivity contribution >= 4 is 29.2 Å². The topological polar surface area (TPSA) is 139 Å². The van der Waals surface area contributed by atoms with Crippen LogP contribution in [0.2, 0.25) is 5.02 Å². The molecule has 2 aromatic carbocycles. The summed E-state index contributed by atoms with van der Waals surface area (Å²) in [6.07, 6.45) is 0. The number of hydrogen-bond acceptors (Lipinski definition) is 9. The first-order valence-electron chi connectivity index (χ1n) is 11.0. The smallest absolute Gasteiger partial charge is 0.355 e. The Kier molecular flexibility index (Phi) is 7.34. The van der Waals surface area contributed by atoms with Crippen LogP contribution < -0.4 is 10.6 Å². The molecule has 0 bridgehead atoms.